The van der Waals surface area contributed by atoms with Gasteiger partial charge in [-0.25, -0.2) is 0 Å². The average molecular weight is 212 g/mol. The molecule has 0 aliphatic carbocycles. The molecule has 0 spiro atoms. The molecule has 2 nitrogen and oxygen atoms in total. The second kappa shape index (κ2) is 5.86. The fourth-order valence-corrected chi connectivity index (χ4v) is 2.64. The molecule has 90 valence electrons. The van der Waals surface area contributed by atoms with E-state index in [2.05, 4.69) is 44.5 Å². The summed E-state index contributed by atoms with van der Waals surface area (Å²) in [4.78, 5) is 5.16. The molecule has 1 saturated heterocycles. The van der Waals surface area contributed by atoms with Gasteiger partial charge in [-0.2, -0.15) is 0 Å². The van der Waals surface area contributed by atoms with Gasteiger partial charge in [-0.3, -0.25) is 4.90 Å². The van der Waals surface area contributed by atoms with Crippen LogP contribution in [0.1, 0.15) is 47.0 Å². The van der Waals surface area contributed by atoms with Gasteiger partial charge in [0.15, 0.2) is 0 Å². The zero-order valence-corrected chi connectivity index (χ0v) is 11.2. The van der Waals surface area contributed by atoms with E-state index in [-0.39, 0.29) is 0 Å². The molecule has 1 heterocycles. The molecular formula is C13H28N2. The molecule has 0 saturated carbocycles. The number of hydrogen-bond acceptors (Lipinski definition) is 2. The minimum atomic E-state index is 0.667. The van der Waals surface area contributed by atoms with Crippen LogP contribution in [0.15, 0.2) is 0 Å². The van der Waals surface area contributed by atoms with E-state index in [1.54, 1.807) is 0 Å². The average Bonchev–Trinajstić information content (AvgIpc) is 2.15. The highest BCUT2D eigenvalue weighted by Gasteiger charge is 2.23. The van der Waals surface area contributed by atoms with Gasteiger partial charge in [-0.1, -0.05) is 6.42 Å². The van der Waals surface area contributed by atoms with Crippen LogP contribution in [0.3, 0.4) is 0 Å². The van der Waals surface area contributed by atoms with Gasteiger partial charge in [0.2, 0.25) is 0 Å². The van der Waals surface area contributed by atoms with Crippen LogP contribution in [0.4, 0.5) is 0 Å². The number of hydrogen-bond donors (Lipinski definition) is 0. The first-order valence-electron chi connectivity index (χ1n) is 6.48. The predicted molar refractivity (Wildman–Crippen MR) is 67.2 cm³/mol. The van der Waals surface area contributed by atoms with Gasteiger partial charge in [-0.05, 0) is 54.1 Å². The number of likely N-dealkylation sites (tertiary alicyclic amines) is 1. The lowest BCUT2D eigenvalue weighted by molar-refractivity contribution is 0.0908. The normalized spacial score (nSPS) is 24.4. The molecule has 1 fully saturated rings. The first kappa shape index (κ1) is 13.0. The molecule has 0 radical (unpaired) electrons. The Hall–Kier alpha value is -0.0800. The van der Waals surface area contributed by atoms with Crippen LogP contribution >= 0.6 is 0 Å². The van der Waals surface area contributed by atoms with Crippen LogP contribution < -0.4 is 0 Å². The van der Waals surface area contributed by atoms with Crippen LogP contribution in [0.5, 0.6) is 0 Å². The maximum Gasteiger partial charge on any atom is 0.0220 e. The topological polar surface area (TPSA) is 6.48 Å². The van der Waals surface area contributed by atoms with Crippen molar-refractivity contribution < 1.29 is 0 Å². The molecule has 1 rings (SSSR count). The molecule has 0 aromatic rings. The lowest BCUT2D eigenvalue weighted by atomic mass is 10.0. The third-order valence-electron chi connectivity index (χ3n) is 3.67. The summed E-state index contributed by atoms with van der Waals surface area (Å²) >= 11 is 0. The van der Waals surface area contributed by atoms with E-state index in [1.165, 1.54) is 32.4 Å². The first-order chi connectivity index (χ1) is 7.02. The monoisotopic (exact) mass is 212 g/mol. The molecule has 1 aliphatic rings. The quantitative estimate of drug-likeness (QED) is 0.707. The number of nitrogens with zero attached hydrogens (tertiary/aromatic N) is 2. The highest BCUT2D eigenvalue weighted by molar-refractivity contribution is 4.80. The van der Waals surface area contributed by atoms with E-state index in [0.717, 1.165) is 6.04 Å². The summed E-state index contributed by atoms with van der Waals surface area (Å²) in [6.07, 6.45) is 4.18. The van der Waals surface area contributed by atoms with E-state index < -0.39 is 0 Å². The van der Waals surface area contributed by atoms with Gasteiger partial charge in [0, 0.05) is 24.7 Å². The molecule has 2 heteroatoms. The Bertz CT molecular complexity index is 169. The molecule has 0 aromatic heterocycles. The second-order valence-electron chi connectivity index (χ2n) is 5.51. The number of rotatable bonds is 4. The molecule has 0 amide bonds. The zero-order valence-electron chi connectivity index (χ0n) is 11.2. The minimum Gasteiger partial charge on any atom is -0.302 e. The van der Waals surface area contributed by atoms with Gasteiger partial charge in [0.05, 0.1) is 0 Å². The molecule has 1 atom stereocenters. The SMILES string of the molecule is CC(C)N(CC1CCCCN1C)C(C)C. The van der Waals surface area contributed by atoms with E-state index >= 15 is 0 Å². The lowest BCUT2D eigenvalue weighted by Gasteiger charge is -2.39. The van der Waals surface area contributed by atoms with Gasteiger partial charge >= 0.3 is 0 Å². The highest BCUT2D eigenvalue weighted by Crippen LogP contribution is 2.18. The van der Waals surface area contributed by atoms with Crippen LogP contribution in [-0.4, -0.2) is 48.1 Å². The minimum absolute atomic E-state index is 0.667. The van der Waals surface area contributed by atoms with Gasteiger partial charge in [-0.15, -0.1) is 0 Å². The van der Waals surface area contributed by atoms with Crippen molar-refractivity contribution in [3.8, 4) is 0 Å². The summed E-state index contributed by atoms with van der Waals surface area (Å²) in [5, 5.41) is 0. The highest BCUT2D eigenvalue weighted by atomic mass is 15.2. The summed E-state index contributed by atoms with van der Waals surface area (Å²) in [5.41, 5.74) is 0. The summed E-state index contributed by atoms with van der Waals surface area (Å²) in [6, 6.07) is 2.12. The summed E-state index contributed by atoms with van der Waals surface area (Å²) < 4.78 is 0. The van der Waals surface area contributed by atoms with Crippen molar-refractivity contribution in [3.63, 3.8) is 0 Å². The maximum absolute atomic E-state index is 2.62. The van der Waals surface area contributed by atoms with Crippen molar-refractivity contribution in [3.05, 3.63) is 0 Å². The van der Waals surface area contributed by atoms with E-state index in [9.17, 15) is 0 Å². The standard InChI is InChI=1S/C13H28N2/c1-11(2)15(12(3)4)10-13-8-6-7-9-14(13)5/h11-13H,6-10H2,1-5H3. The van der Waals surface area contributed by atoms with Crippen LogP contribution in [0.25, 0.3) is 0 Å². The predicted octanol–water partition coefficient (Wildman–Crippen LogP) is 2.59. The zero-order chi connectivity index (χ0) is 11.4. The van der Waals surface area contributed by atoms with E-state index in [1.807, 2.05) is 0 Å². The molecule has 1 unspecified atom stereocenters. The van der Waals surface area contributed by atoms with Crippen molar-refractivity contribution in [2.24, 2.45) is 0 Å². The van der Waals surface area contributed by atoms with Crippen molar-refractivity contribution in [2.75, 3.05) is 20.1 Å². The Morgan fingerprint density at radius 1 is 1.13 bits per heavy atom. The van der Waals surface area contributed by atoms with Crippen molar-refractivity contribution >= 4 is 0 Å². The molecule has 15 heavy (non-hydrogen) atoms. The molecular weight excluding hydrogens is 184 g/mol. The number of piperidine rings is 1. The van der Waals surface area contributed by atoms with Gasteiger partial charge < -0.3 is 4.90 Å². The van der Waals surface area contributed by atoms with Crippen molar-refractivity contribution in [1.82, 2.24) is 9.80 Å². The maximum atomic E-state index is 2.62. The Labute approximate surface area is 95.6 Å². The second-order valence-corrected chi connectivity index (χ2v) is 5.51. The first-order valence-corrected chi connectivity index (χ1v) is 6.48. The Kier molecular flexibility index (Phi) is 5.07. The Morgan fingerprint density at radius 3 is 2.20 bits per heavy atom. The fraction of sp³-hybridized carbons (Fsp3) is 1.00. The van der Waals surface area contributed by atoms with Gasteiger partial charge in [0.1, 0.15) is 0 Å². The number of likely N-dealkylation sites (N-methyl/N-ethyl adjacent to an activating group) is 1. The lowest BCUT2D eigenvalue weighted by Crippen LogP contribution is -2.48. The van der Waals surface area contributed by atoms with Crippen molar-refractivity contribution in [1.29, 1.82) is 0 Å². The van der Waals surface area contributed by atoms with E-state index in [0.29, 0.717) is 12.1 Å². The van der Waals surface area contributed by atoms with Crippen molar-refractivity contribution in [2.45, 2.75) is 65.1 Å². The Balaban J connectivity index is 2.49. The summed E-state index contributed by atoms with van der Waals surface area (Å²) in [6.45, 7) is 11.8. The molecule has 0 N–H and O–H groups in total. The summed E-state index contributed by atoms with van der Waals surface area (Å²) in [7, 11) is 2.28. The third-order valence-corrected chi connectivity index (χ3v) is 3.67. The van der Waals surface area contributed by atoms with Gasteiger partial charge in [0.25, 0.3) is 0 Å². The third kappa shape index (κ3) is 3.76. The van der Waals surface area contributed by atoms with Crippen LogP contribution in [-0.2, 0) is 0 Å². The molecule has 0 aromatic carbocycles. The summed E-state index contributed by atoms with van der Waals surface area (Å²) in [5.74, 6) is 0. The smallest absolute Gasteiger partial charge is 0.0220 e. The molecule has 0 bridgehead atoms. The largest absolute Gasteiger partial charge is 0.302 e. The van der Waals surface area contributed by atoms with E-state index in [4.69, 9.17) is 0 Å². The Morgan fingerprint density at radius 2 is 1.73 bits per heavy atom. The van der Waals surface area contributed by atoms with Crippen LogP contribution in [0, 0.1) is 0 Å². The van der Waals surface area contributed by atoms with Crippen LogP contribution in [0.2, 0.25) is 0 Å². The molecule has 1 aliphatic heterocycles. The fourth-order valence-electron chi connectivity index (χ4n) is 2.64.